The molecule has 117 heavy (non-hydrogen) atoms. The van der Waals surface area contributed by atoms with E-state index in [1.807, 2.05) is 160 Å². The fourth-order valence-corrected chi connectivity index (χ4v) is 17.6. The van der Waals surface area contributed by atoms with Crippen molar-refractivity contribution in [2.45, 2.75) is 68.2 Å². The van der Waals surface area contributed by atoms with Crippen LogP contribution in [0.3, 0.4) is 0 Å². The number of carbonyl (C=O) groups is 2. The average Bonchev–Trinajstić information content (AvgIpc) is 1.64. The molecule has 0 radical (unpaired) electrons. The molecule has 0 aliphatic carbocycles. The van der Waals surface area contributed by atoms with E-state index in [0.29, 0.717) is 73.9 Å². The molecular weight excluding hydrogens is 1650 g/mol. The Balaban J connectivity index is 0.000000165. The predicted octanol–water partition coefficient (Wildman–Crippen LogP) is 23.8. The number of azo groups is 5. The number of anilines is 2. The lowest BCUT2D eigenvalue weighted by molar-refractivity contribution is -0.193. The van der Waals surface area contributed by atoms with Gasteiger partial charge in [0.1, 0.15) is 55.4 Å². The smallest absolute Gasteiger partial charge is 0.373 e. The molecule has 0 spiro atoms. The van der Waals surface area contributed by atoms with Crippen LogP contribution in [0.5, 0.6) is 17.2 Å². The number of nitrogens with zero attached hydrogens (tertiary/aromatic N) is 20. The van der Waals surface area contributed by atoms with E-state index < -0.39 is 0 Å². The highest BCUT2D eigenvalue weighted by Gasteiger charge is 2.22. The van der Waals surface area contributed by atoms with Crippen LogP contribution >= 0.6 is 91.3 Å². The van der Waals surface area contributed by atoms with Gasteiger partial charge in [-0.1, -0.05) is 13.8 Å². The summed E-state index contributed by atoms with van der Waals surface area (Å²) in [7, 11) is 11.5. The highest BCUT2D eigenvalue weighted by Crippen LogP contribution is 2.47. The number of thiophene rings is 5. The molecule has 0 fully saturated rings. The molecule has 0 saturated heterocycles. The van der Waals surface area contributed by atoms with Crippen molar-refractivity contribution in [2.75, 3.05) is 51.2 Å². The number of hydrogen-bond donors (Lipinski definition) is 3. The minimum Gasteiger partial charge on any atom is -0.507 e. The quantitative estimate of drug-likeness (QED) is 0.0408. The van der Waals surface area contributed by atoms with E-state index in [-0.39, 0.29) is 30.0 Å². The predicted molar refractivity (Wildman–Crippen MR) is 462 cm³/mol. The number of esters is 2. The van der Waals surface area contributed by atoms with E-state index in [9.17, 15) is 24.9 Å². The van der Waals surface area contributed by atoms with Crippen molar-refractivity contribution in [3.8, 4) is 17.2 Å². The Morgan fingerprint density at radius 3 is 1.26 bits per heavy atom. The van der Waals surface area contributed by atoms with Gasteiger partial charge in [-0.2, -0.15) is 38.1 Å². The second-order valence-electron chi connectivity index (χ2n) is 24.6. The summed E-state index contributed by atoms with van der Waals surface area (Å²) in [5.41, 5.74) is 8.87. The van der Waals surface area contributed by atoms with Crippen molar-refractivity contribution >= 4 is 238 Å². The van der Waals surface area contributed by atoms with Gasteiger partial charge in [0.25, 0.3) is 0 Å². The van der Waals surface area contributed by atoms with Crippen molar-refractivity contribution < 1.29 is 53.6 Å². The lowest BCUT2D eigenvalue weighted by Gasteiger charge is -2.14. The van der Waals surface area contributed by atoms with Crippen LogP contribution in [0.2, 0.25) is 0 Å². The third-order valence-corrected chi connectivity index (χ3v) is 23.8. The van der Waals surface area contributed by atoms with Crippen LogP contribution in [0.4, 0.5) is 72.1 Å². The normalized spacial score (nSPS) is 11.0. The molecule has 0 saturated carbocycles. The van der Waals surface area contributed by atoms with Gasteiger partial charge in [0.05, 0.1) is 61.4 Å². The van der Waals surface area contributed by atoms with E-state index in [1.54, 1.807) is 119 Å². The second-order valence-corrected chi connectivity index (χ2v) is 32.8. The Kier molecular flexibility index (Phi) is 31.8. The lowest BCUT2D eigenvalue weighted by atomic mass is 10.1. The summed E-state index contributed by atoms with van der Waals surface area (Å²) in [5.74, 6) is 1.61. The maximum atomic E-state index is 12.2. The van der Waals surface area contributed by atoms with Gasteiger partial charge in [-0.15, -0.1) is 108 Å². The molecule has 0 aliphatic rings. The fourth-order valence-electron chi connectivity index (χ4n) is 11.0. The van der Waals surface area contributed by atoms with Crippen LogP contribution in [-0.4, -0.2) is 114 Å². The molecule has 600 valence electrons. The van der Waals surface area contributed by atoms with E-state index >= 15 is 0 Å². The highest BCUT2D eigenvalue weighted by molar-refractivity contribution is 7.22. The Morgan fingerprint density at radius 2 is 0.863 bits per heavy atom. The number of benzene rings is 5. The first kappa shape index (κ1) is 88.4. The Hall–Kier alpha value is -12.6. The summed E-state index contributed by atoms with van der Waals surface area (Å²) < 4.78 is 30.4. The number of phenolic OH excluding ortho intramolecular Hbond substituents is 3. The SMILES string of the molecule is CCOC(=O)c1cc2c(N(C)C)ccc(N=Nc3ccnn3C)c2s1.CCc1cc(O)c2cc(C)sc2c1N=Nc1ccnn1C.CCc1cc(O)c2cc(C)sc2c1N=Nc1ccns1.Cc1cc2c(O)ccc(N=Nc3ccns3)c2s1.O=C=O.O=C=O.[C-]#[N+]c1c(C)nsc1N=Nc1ccc(N(C)C)c2cc(C(=O)OCC)sc12. The van der Waals surface area contributed by atoms with Crippen LogP contribution in [0, 0.1) is 34.3 Å². The zero-order chi connectivity index (χ0) is 84.6. The number of rotatable bonds is 18. The highest BCUT2D eigenvalue weighted by atomic mass is 32.1. The van der Waals surface area contributed by atoms with Crippen LogP contribution in [0.15, 0.2) is 179 Å². The molecule has 10 heterocycles. The van der Waals surface area contributed by atoms with Gasteiger partial charge in [-0.05, 0) is 191 Å². The molecule has 39 heteroatoms. The van der Waals surface area contributed by atoms with Gasteiger partial charge in [0.15, 0.2) is 26.6 Å². The van der Waals surface area contributed by atoms with E-state index in [2.05, 4.69) is 79.3 Å². The fraction of sp³-hybridized carbons (Fsp3) is 0.231. The first-order valence-electron chi connectivity index (χ1n) is 35.0. The summed E-state index contributed by atoms with van der Waals surface area (Å²) >= 11 is 11.3. The van der Waals surface area contributed by atoms with Crippen molar-refractivity contribution in [2.24, 2.45) is 65.2 Å². The number of aromatic hydroxyl groups is 3. The van der Waals surface area contributed by atoms with Crippen molar-refractivity contribution in [3.63, 3.8) is 0 Å². The molecule has 31 nitrogen and oxygen atoms in total. The van der Waals surface area contributed by atoms with E-state index in [1.165, 1.54) is 45.7 Å². The van der Waals surface area contributed by atoms with Crippen molar-refractivity contribution in [1.29, 1.82) is 0 Å². The molecule has 5 aromatic carbocycles. The zero-order valence-corrected chi connectivity index (χ0v) is 71.8. The number of fused-ring (bicyclic) bond motifs is 5. The Labute approximate surface area is 701 Å². The van der Waals surface area contributed by atoms with Gasteiger partial charge in [-0.3, -0.25) is 0 Å². The van der Waals surface area contributed by atoms with E-state index in [4.69, 9.17) is 35.2 Å². The molecule has 0 bridgehead atoms. The van der Waals surface area contributed by atoms with Crippen molar-refractivity contribution in [1.82, 2.24) is 32.7 Å². The lowest BCUT2D eigenvalue weighted by Crippen LogP contribution is -2.08. The third kappa shape index (κ3) is 22.3. The Bertz CT molecular complexity index is 6250. The maximum absolute atomic E-state index is 12.2. The molecule has 0 atom stereocenters. The summed E-state index contributed by atoms with van der Waals surface area (Å²) in [4.78, 5) is 68.7. The number of phenols is 3. The zero-order valence-electron chi connectivity index (χ0n) is 65.3. The molecule has 15 aromatic rings. The van der Waals surface area contributed by atoms with Gasteiger partial charge in [0.2, 0.25) is 5.69 Å². The first-order valence-corrected chi connectivity index (χ1v) is 41.4. The monoisotopic (exact) mass is 1720 g/mol. The Morgan fingerprint density at radius 1 is 0.470 bits per heavy atom. The largest absolute Gasteiger partial charge is 0.507 e. The standard InChI is InChI=1S/C18H17N5O2S2.C17H19N5O2S.C15H16N4OS.C14H13N3OS2.C12H9N3OS2.2CO2/c1-6-25-18(24)14-9-11-13(23(4)5)8-7-12(16(11)26-14)20-21-17-15(19-3)10(2)22-27-17;1-5-24-17(23)14-10-11-13(21(2)3)7-6-12(16(11)25-14)19-20-15-8-9-18-22(15)4;1-4-10-8-12(20)11-7-9(2)21-15(11)14(10)18-17-13-5-6-16-19(13)3;1-3-9-7-11(18)10-6-8(2)19-14(10)13(9)17-16-12-4-5-15-20-12;1-7-6-8-10(16)3-2-9(12(8)17-7)14-15-11-4-5-13-18-11;2*2-1-3/h7-9H,6H2,1-2,4-5H3;6-10H,5H2,1-4H3;5-8,20H,4H2,1-3H3;4-7,18H,3H2,1-2H3;2-6,16H,1H3;;. The number of aryl methyl sites for hydroxylation is 8. The molecule has 10 aromatic heterocycles. The third-order valence-electron chi connectivity index (χ3n) is 16.3. The number of hydrogen-bond acceptors (Lipinski definition) is 36. The van der Waals surface area contributed by atoms with Gasteiger partial charge < -0.3 is 34.6 Å². The molecule has 15 rings (SSSR count). The molecule has 0 amide bonds. The number of carbonyl (C=O) groups excluding carboxylic acids is 6. The molecule has 3 N–H and O–H groups in total. The van der Waals surface area contributed by atoms with Crippen LogP contribution in [0.25, 0.3) is 55.3 Å². The molecule has 0 aliphatic heterocycles. The summed E-state index contributed by atoms with van der Waals surface area (Å²) in [6.07, 6.45) is 8.86. The molecule has 0 unspecified atom stereocenters. The number of ether oxygens (including phenoxy) is 2. The van der Waals surface area contributed by atoms with Gasteiger partial charge in [0, 0.05) is 120 Å². The van der Waals surface area contributed by atoms with Crippen LogP contribution < -0.4 is 9.80 Å². The number of aromatic nitrogens is 7. The summed E-state index contributed by atoms with van der Waals surface area (Å²) in [6, 6.07) is 31.5. The van der Waals surface area contributed by atoms with Crippen LogP contribution in [-0.2, 0) is 55.6 Å². The van der Waals surface area contributed by atoms with E-state index in [0.717, 1.165) is 139 Å². The van der Waals surface area contributed by atoms with Crippen LogP contribution in [0.1, 0.15) is 78.5 Å². The van der Waals surface area contributed by atoms with Gasteiger partial charge in [-0.25, -0.2) is 28.2 Å². The summed E-state index contributed by atoms with van der Waals surface area (Å²) in [5, 5.41) is 87.5. The second kappa shape index (κ2) is 42.1. The van der Waals surface area contributed by atoms with Gasteiger partial charge >= 0.3 is 24.2 Å². The molecular formula is C78H74N20O11S8. The maximum Gasteiger partial charge on any atom is 0.373 e. The van der Waals surface area contributed by atoms with Crippen molar-refractivity contribution in [3.05, 3.63) is 181 Å². The summed E-state index contributed by atoms with van der Waals surface area (Å²) in [6.45, 7) is 23.4. The topological polar surface area (TPSA) is 390 Å². The minimum absolute atomic E-state index is 0.250. The average molecular weight is 1720 g/mol. The first-order chi connectivity index (χ1) is 56.3. The minimum atomic E-state index is -0.348.